The molecule has 0 aliphatic rings. The normalized spacial score (nSPS) is 13.6. The summed E-state index contributed by atoms with van der Waals surface area (Å²) < 4.78 is 40.9. The predicted molar refractivity (Wildman–Crippen MR) is 74.6 cm³/mol. The summed E-state index contributed by atoms with van der Waals surface area (Å²) in [6.07, 6.45) is 0. The van der Waals surface area contributed by atoms with Gasteiger partial charge in [0.05, 0.1) is 12.4 Å². The van der Waals surface area contributed by atoms with Gasteiger partial charge in [-0.25, -0.2) is 12.8 Å². The van der Waals surface area contributed by atoms with Crippen molar-refractivity contribution in [2.24, 2.45) is 11.8 Å². The highest BCUT2D eigenvalue weighted by Gasteiger charge is 2.21. The summed E-state index contributed by atoms with van der Waals surface area (Å²) in [5.41, 5.74) is 0.803. The topological polar surface area (TPSA) is 43.4 Å². The summed E-state index contributed by atoms with van der Waals surface area (Å²) in [4.78, 5) is 0. The zero-order valence-electron chi connectivity index (χ0n) is 11.2. The van der Waals surface area contributed by atoms with Crippen LogP contribution in [-0.2, 0) is 9.05 Å². The standard InChI is InChI=1S/C13H18ClFO3S/c1-9(2)11(8-19(14,16)17)7-18-13-6-12(15)5-4-10(13)3/h4-6,9,11H,7-8H2,1-3H3. The maximum Gasteiger partial charge on any atom is 0.233 e. The van der Waals surface area contributed by atoms with Crippen molar-refractivity contribution in [2.45, 2.75) is 20.8 Å². The number of benzene rings is 1. The van der Waals surface area contributed by atoms with Gasteiger partial charge in [0.2, 0.25) is 9.05 Å². The Bertz CT molecular complexity index is 529. The summed E-state index contributed by atoms with van der Waals surface area (Å²) in [7, 11) is 1.69. The first kappa shape index (κ1) is 16.2. The smallest absolute Gasteiger partial charge is 0.233 e. The van der Waals surface area contributed by atoms with Crippen molar-refractivity contribution < 1.29 is 17.5 Å². The van der Waals surface area contributed by atoms with Gasteiger partial charge in [-0.1, -0.05) is 19.9 Å². The highest BCUT2D eigenvalue weighted by molar-refractivity contribution is 8.13. The van der Waals surface area contributed by atoms with Crippen molar-refractivity contribution in [3.8, 4) is 5.75 Å². The second-order valence-corrected chi connectivity index (χ2v) is 7.75. The van der Waals surface area contributed by atoms with E-state index in [-0.39, 0.29) is 30.0 Å². The molecule has 0 saturated carbocycles. The molecule has 1 aromatic rings. The summed E-state index contributed by atoms with van der Waals surface area (Å²) >= 11 is 0. The molecule has 108 valence electrons. The van der Waals surface area contributed by atoms with E-state index in [9.17, 15) is 12.8 Å². The number of hydrogen-bond donors (Lipinski definition) is 0. The molecule has 1 atom stereocenters. The molecule has 0 aromatic heterocycles. The molecule has 0 spiro atoms. The first-order chi connectivity index (χ1) is 8.69. The fourth-order valence-electron chi connectivity index (χ4n) is 1.61. The lowest BCUT2D eigenvalue weighted by atomic mass is 9.99. The Morgan fingerprint density at radius 1 is 1.37 bits per heavy atom. The van der Waals surface area contributed by atoms with Crippen molar-refractivity contribution in [1.29, 1.82) is 0 Å². The van der Waals surface area contributed by atoms with Crippen molar-refractivity contribution in [3.05, 3.63) is 29.6 Å². The zero-order chi connectivity index (χ0) is 14.6. The van der Waals surface area contributed by atoms with E-state index in [1.54, 1.807) is 13.0 Å². The lowest BCUT2D eigenvalue weighted by Gasteiger charge is -2.20. The Labute approximate surface area is 118 Å². The van der Waals surface area contributed by atoms with Gasteiger partial charge in [0.25, 0.3) is 0 Å². The van der Waals surface area contributed by atoms with Crippen LogP contribution >= 0.6 is 10.7 Å². The molecular formula is C13H18ClFO3S. The van der Waals surface area contributed by atoms with Crippen LogP contribution in [0.2, 0.25) is 0 Å². The SMILES string of the molecule is Cc1ccc(F)cc1OCC(CS(=O)(=O)Cl)C(C)C. The molecule has 3 nitrogen and oxygen atoms in total. The minimum absolute atomic E-state index is 0.0994. The molecule has 6 heteroatoms. The van der Waals surface area contributed by atoms with Crippen LogP contribution in [0, 0.1) is 24.6 Å². The van der Waals surface area contributed by atoms with E-state index in [0.717, 1.165) is 5.56 Å². The lowest BCUT2D eigenvalue weighted by molar-refractivity contribution is 0.223. The molecule has 1 aromatic carbocycles. The van der Waals surface area contributed by atoms with Crippen molar-refractivity contribution in [1.82, 2.24) is 0 Å². The molecule has 0 saturated heterocycles. The van der Waals surface area contributed by atoms with Crippen LogP contribution in [0.5, 0.6) is 5.75 Å². The van der Waals surface area contributed by atoms with Gasteiger partial charge in [0.1, 0.15) is 11.6 Å². The van der Waals surface area contributed by atoms with Crippen LogP contribution in [0.25, 0.3) is 0 Å². The van der Waals surface area contributed by atoms with E-state index in [1.165, 1.54) is 12.1 Å². The minimum atomic E-state index is -3.57. The highest BCUT2D eigenvalue weighted by atomic mass is 35.7. The van der Waals surface area contributed by atoms with Crippen LogP contribution in [0.4, 0.5) is 4.39 Å². The average Bonchev–Trinajstić information content (AvgIpc) is 2.26. The van der Waals surface area contributed by atoms with Gasteiger partial charge >= 0.3 is 0 Å². The van der Waals surface area contributed by atoms with E-state index < -0.39 is 9.05 Å². The first-order valence-corrected chi connectivity index (χ1v) is 8.48. The predicted octanol–water partition coefficient (Wildman–Crippen LogP) is 3.35. The maximum atomic E-state index is 13.1. The lowest BCUT2D eigenvalue weighted by Crippen LogP contribution is -2.24. The Kier molecular flexibility index (Phi) is 5.62. The van der Waals surface area contributed by atoms with Gasteiger partial charge in [-0.2, -0.15) is 0 Å². The molecule has 0 radical (unpaired) electrons. The van der Waals surface area contributed by atoms with E-state index in [0.29, 0.717) is 5.75 Å². The van der Waals surface area contributed by atoms with Crippen LogP contribution in [-0.4, -0.2) is 20.8 Å². The van der Waals surface area contributed by atoms with Crippen LogP contribution in [0.1, 0.15) is 19.4 Å². The molecule has 1 rings (SSSR count). The molecule has 0 fully saturated rings. The molecule has 0 aliphatic carbocycles. The fraction of sp³-hybridized carbons (Fsp3) is 0.538. The molecule has 19 heavy (non-hydrogen) atoms. The van der Waals surface area contributed by atoms with Gasteiger partial charge < -0.3 is 4.74 Å². The fourth-order valence-corrected chi connectivity index (χ4v) is 3.09. The Morgan fingerprint density at radius 3 is 2.53 bits per heavy atom. The number of aryl methyl sites for hydroxylation is 1. The second kappa shape index (κ2) is 6.57. The maximum absolute atomic E-state index is 13.1. The molecule has 0 heterocycles. The highest BCUT2D eigenvalue weighted by Crippen LogP contribution is 2.22. The van der Waals surface area contributed by atoms with Gasteiger partial charge in [-0.15, -0.1) is 0 Å². The largest absolute Gasteiger partial charge is 0.493 e. The number of ether oxygens (including phenoxy) is 1. The van der Waals surface area contributed by atoms with E-state index in [1.807, 2.05) is 13.8 Å². The number of halogens is 2. The molecule has 0 N–H and O–H groups in total. The van der Waals surface area contributed by atoms with Gasteiger partial charge in [-0.3, -0.25) is 0 Å². The minimum Gasteiger partial charge on any atom is -0.493 e. The Hall–Kier alpha value is -0.810. The summed E-state index contributed by atoms with van der Waals surface area (Å²) in [6, 6.07) is 4.26. The molecule has 0 amide bonds. The number of rotatable bonds is 6. The molecule has 0 aliphatic heterocycles. The third-order valence-electron chi connectivity index (χ3n) is 2.96. The Morgan fingerprint density at radius 2 is 2.00 bits per heavy atom. The van der Waals surface area contributed by atoms with Gasteiger partial charge in [-0.05, 0) is 24.5 Å². The molecule has 1 unspecified atom stereocenters. The van der Waals surface area contributed by atoms with Crippen molar-refractivity contribution in [3.63, 3.8) is 0 Å². The Balaban J connectivity index is 2.74. The van der Waals surface area contributed by atoms with E-state index in [4.69, 9.17) is 15.4 Å². The summed E-state index contributed by atoms with van der Waals surface area (Å²) in [5, 5.41) is 0. The van der Waals surface area contributed by atoms with Crippen LogP contribution < -0.4 is 4.74 Å². The zero-order valence-corrected chi connectivity index (χ0v) is 12.8. The average molecular weight is 309 g/mol. The monoisotopic (exact) mass is 308 g/mol. The van der Waals surface area contributed by atoms with E-state index >= 15 is 0 Å². The molecule has 0 bridgehead atoms. The summed E-state index contributed by atoms with van der Waals surface area (Å²) in [6.45, 7) is 5.79. The third kappa shape index (κ3) is 5.78. The summed E-state index contributed by atoms with van der Waals surface area (Å²) in [5.74, 6) is -0.238. The quantitative estimate of drug-likeness (QED) is 0.757. The van der Waals surface area contributed by atoms with E-state index in [2.05, 4.69) is 0 Å². The second-order valence-electron chi connectivity index (χ2n) is 4.93. The van der Waals surface area contributed by atoms with Gasteiger partial charge in [0.15, 0.2) is 0 Å². The van der Waals surface area contributed by atoms with Crippen LogP contribution in [0.3, 0.4) is 0 Å². The van der Waals surface area contributed by atoms with Crippen molar-refractivity contribution in [2.75, 3.05) is 12.4 Å². The first-order valence-electron chi connectivity index (χ1n) is 6.00. The number of hydrogen-bond acceptors (Lipinski definition) is 3. The molecular weight excluding hydrogens is 291 g/mol. The third-order valence-corrected chi connectivity index (χ3v) is 4.16. The van der Waals surface area contributed by atoms with Gasteiger partial charge in [0, 0.05) is 22.7 Å². The van der Waals surface area contributed by atoms with Crippen molar-refractivity contribution >= 4 is 19.7 Å². The van der Waals surface area contributed by atoms with Crippen LogP contribution in [0.15, 0.2) is 18.2 Å².